The van der Waals surface area contributed by atoms with E-state index in [2.05, 4.69) is 42.4 Å². The van der Waals surface area contributed by atoms with Crippen LogP contribution in [0.2, 0.25) is 0 Å². The second kappa shape index (κ2) is 10.4. The molecular weight excluding hydrogens is 388 g/mol. The number of nitrogens with zero attached hydrogens (tertiary/aromatic N) is 4. The zero-order valence-corrected chi connectivity index (χ0v) is 17.7. The molecule has 0 radical (unpaired) electrons. The summed E-state index contributed by atoms with van der Waals surface area (Å²) in [5, 5.41) is 13.7. The number of hydrogen-bond acceptors (Lipinski definition) is 6. The maximum atomic E-state index is 12.3. The molecule has 1 saturated heterocycles. The first kappa shape index (κ1) is 21.3. The Morgan fingerprint density at radius 2 is 1.83 bits per heavy atom. The van der Waals surface area contributed by atoms with E-state index >= 15 is 0 Å². The van der Waals surface area contributed by atoms with E-state index in [4.69, 9.17) is 0 Å². The van der Waals surface area contributed by atoms with Gasteiger partial charge in [-0.25, -0.2) is 4.79 Å². The normalized spacial score (nSPS) is 15.7. The Morgan fingerprint density at radius 3 is 2.52 bits per heavy atom. The number of urea groups is 1. The van der Waals surface area contributed by atoms with Crippen LogP contribution in [0, 0.1) is 0 Å². The third-order valence-corrected chi connectivity index (χ3v) is 5.99. The maximum absolute atomic E-state index is 12.3. The molecule has 2 N–H and O–H groups in total. The van der Waals surface area contributed by atoms with E-state index in [-0.39, 0.29) is 5.91 Å². The van der Waals surface area contributed by atoms with E-state index in [9.17, 15) is 9.59 Å². The average molecular weight is 417 g/mol. The predicted octanol–water partition coefficient (Wildman–Crippen LogP) is 2.25. The standard InChI is InChI=1S/C20H28N6O2S/c1-15(18(27)22-19(28)21-2)29-20-24-23-17(14-25-11-7-4-8-12-25)26(20)13-16-9-5-3-6-10-16/h3,5-6,9-10,15H,4,7-8,11-14H2,1-2H3,(H2,21,22,27,28). The number of aromatic nitrogens is 3. The summed E-state index contributed by atoms with van der Waals surface area (Å²) in [7, 11) is 1.48. The van der Waals surface area contributed by atoms with Gasteiger partial charge in [-0.15, -0.1) is 10.2 Å². The molecular formula is C20H28N6O2S. The quantitative estimate of drug-likeness (QED) is 0.673. The highest BCUT2D eigenvalue weighted by atomic mass is 32.2. The van der Waals surface area contributed by atoms with Gasteiger partial charge in [-0.2, -0.15) is 0 Å². The van der Waals surface area contributed by atoms with Crippen LogP contribution in [0.4, 0.5) is 4.79 Å². The first-order valence-electron chi connectivity index (χ1n) is 9.94. The highest BCUT2D eigenvalue weighted by Crippen LogP contribution is 2.24. The van der Waals surface area contributed by atoms with Crippen LogP contribution in [-0.2, 0) is 17.9 Å². The minimum absolute atomic E-state index is 0.360. The van der Waals surface area contributed by atoms with E-state index in [1.165, 1.54) is 38.1 Å². The van der Waals surface area contributed by atoms with Crippen LogP contribution in [-0.4, -0.2) is 57.0 Å². The van der Waals surface area contributed by atoms with Crippen molar-refractivity contribution in [2.45, 2.75) is 49.7 Å². The molecule has 29 heavy (non-hydrogen) atoms. The van der Waals surface area contributed by atoms with Crippen LogP contribution in [0.1, 0.15) is 37.6 Å². The highest BCUT2D eigenvalue weighted by Gasteiger charge is 2.23. The van der Waals surface area contributed by atoms with Crippen molar-refractivity contribution in [2.24, 2.45) is 0 Å². The first-order chi connectivity index (χ1) is 14.1. The molecule has 0 aliphatic carbocycles. The first-order valence-corrected chi connectivity index (χ1v) is 10.8. The third kappa shape index (κ3) is 6.04. The number of carbonyl (C=O) groups is 2. The second-order valence-corrected chi connectivity index (χ2v) is 8.44. The molecule has 1 fully saturated rings. The summed E-state index contributed by atoms with van der Waals surface area (Å²) in [6, 6.07) is 9.64. The Morgan fingerprint density at radius 1 is 1.10 bits per heavy atom. The SMILES string of the molecule is CNC(=O)NC(=O)C(C)Sc1nnc(CN2CCCCC2)n1Cc1ccccc1. The van der Waals surface area contributed by atoms with Gasteiger partial charge in [-0.1, -0.05) is 48.5 Å². The minimum atomic E-state index is -0.515. The number of rotatable bonds is 7. The molecule has 0 bridgehead atoms. The van der Waals surface area contributed by atoms with Crippen molar-refractivity contribution < 1.29 is 9.59 Å². The topological polar surface area (TPSA) is 92.2 Å². The molecule has 2 heterocycles. The van der Waals surface area contributed by atoms with Crippen LogP contribution in [0.3, 0.4) is 0 Å². The van der Waals surface area contributed by atoms with Crippen molar-refractivity contribution >= 4 is 23.7 Å². The molecule has 3 rings (SSSR count). The average Bonchev–Trinajstić information content (AvgIpc) is 3.10. The van der Waals surface area contributed by atoms with E-state index in [1.54, 1.807) is 6.92 Å². The maximum Gasteiger partial charge on any atom is 0.321 e. The molecule has 1 aliphatic rings. The monoisotopic (exact) mass is 416 g/mol. The van der Waals surface area contributed by atoms with Gasteiger partial charge in [0.2, 0.25) is 5.91 Å². The van der Waals surface area contributed by atoms with Crippen LogP contribution >= 0.6 is 11.8 Å². The number of likely N-dealkylation sites (tertiary alicyclic amines) is 1. The van der Waals surface area contributed by atoms with Crippen molar-refractivity contribution in [1.82, 2.24) is 30.3 Å². The van der Waals surface area contributed by atoms with Gasteiger partial charge in [0.1, 0.15) is 5.82 Å². The van der Waals surface area contributed by atoms with Crippen LogP contribution in [0.5, 0.6) is 0 Å². The molecule has 1 aliphatic heterocycles. The fourth-order valence-corrected chi connectivity index (χ4v) is 4.12. The number of nitrogens with one attached hydrogen (secondary N) is 2. The van der Waals surface area contributed by atoms with Gasteiger partial charge in [0.25, 0.3) is 0 Å². The summed E-state index contributed by atoms with van der Waals surface area (Å²) < 4.78 is 2.08. The van der Waals surface area contributed by atoms with Gasteiger partial charge >= 0.3 is 6.03 Å². The Kier molecular flexibility index (Phi) is 7.65. The fraction of sp³-hybridized carbons (Fsp3) is 0.500. The predicted molar refractivity (Wildman–Crippen MR) is 113 cm³/mol. The summed E-state index contributed by atoms with van der Waals surface area (Å²) in [5.74, 6) is 0.540. The number of imide groups is 1. The van der Waals surface area contributed by atoms with Crippen molar-refractivity contribution in [3.8, 4) is 0 Å². The van der Waals surface area contributed by atoms with E-state index in [0.717, 1.165) is 31.0 Å². The molecule has 2 aromatic rings. The Labute approximate surface area is 175 Å². The van der Waals surface area contributed by atoms with Crippen molar-refractivity contribution in [3.05, 3.63) is 41.7 Å². The lowest BCUT2D eigenvalue weighted by molar-refractivity contribution is -0.119. The van der Waals surface area contributed by atoms with Crippen LogP contribution < -0.4 is 10.6 Å². The Balaban J connectivity index is 1.77. The summed E-state index contributed by atoms with van der Waals surface area (Å²) in [6.45, 7) is 5.30. The lowest BCUT2D eigenvalue weighted by Gasteiger charge is -2.26. The summed E-state index contributed by atoms with van der Waals surface area (Å²) in [5.41, 5.74) is 1.15. The third-order valence-electron chi connectivity index (χ3n) is 4.91. The summed E-state index contributed by atoms with van der Waals surface area (Å²) >= 11 is 1.31. The lowest BCUT2D eigenvalue weighted by atomic mass is 10.1. The Hall–Kier alpha value is -2.39. The minimum Gasteiger partial charge on any atom is -0.341 e. The fourth-order valence-electron chi connectivity index (χ4n) is 3.25. The molecule has 1 aromatic heterocycles. The smallest absolute Gasteiger partial charge is 0.321 e. The second-order valence-electron chi connectivity index (χ2n) is 7.14. The molecule has 1 aromatic carbocycles. The zero-order valence-electron chi connectivity index (χ0n) is 16.9. The lowest BCUT2D eigenvalue weighted by Crippen LogP contribution is -2.41. The largest absolute Gasteiger partial charge is 0.341 e. The zero-order chi connectivity index (χ0) is 20.6. The molecule has 0 saturated carbocycles. The van der Waals surface area contributed by atoms with E-state index in [0.29, 0.717) is 11.7 Å². The van der Waals surface area contributed by atoms with Gasteiger partial charge in [0.05, 0.1) is 18.3 Å². The molecule has 1 unspecified atom stereocenters. The van der Waals surface area contributed by atoms with Crippen molar-refractivity contribution in [3.63, 3.8) is 0 Å². The van der Waals surface area contributed by atoms with Gasteiger partial charge in [-0.3, -0.25) is 15.0 Å². The van der Waals surface area contributed by atoms with Gasteiger partial charge in [-0.05, 0) is 38.4 Å². The van der Waals surface area contributed by atoms with Crippen molar-refractivity contribution in [1.29, 1.82) is 0 Å². The van der Waals surface area contributed by atoms with E-state index in [1.807, 2.05) is 18.2 Å². The molecule has 0 spiro atoms. The summed E-state index contributed by atoms with van der Waals surface area (Å²) in [6.07, 6.45) is 3.71. The van der Waals surface area contributed by atoms with Gasteiger partial charge in [0.15, 0.2) is 5.16 Å². The molecule has 3 amide bonds. The van der Waals surface area contributed by atoms with Gasteiger partial charge in [0, 0.05) is 7.05 Å². The number of benzene rings is 1. The van der Waals surface area contributed by atoms with Crippen LogP contribution in [0.25, 0.3) is 0 Å². The summed E-state index contributed by atoms with van der Waals surface area (Å²) in [4.78, 5) is 26.1. The number of amides is 3. The van der Waals surface area contributed by atoms with E-state index < -0.39 is 11.3 Å². The Bertz CT molecular complexity index is 820. The molecule has 1 atom stereocenters. The van der Waals surface area contributed by atoms with Crippen LogP contribution in [0.15, 0.2) is 35.5 Å². The van der Waals surface area contributed by atoms with Crippen molar-refractivity contribution in [2.75, 3.05) is 20.1 Å². The highest BCUT2D eigenvalue weighted by molar-refractivity contribution is 8.00. The molecule has 9 heteroatoms. The number of hydrogen-bond donors (Lipinski definition) is 2. The number of carbonyl (C=O) groups excluding carboxylic acids is 2. The molecule has 8 nitrogen and oxygen atoms in total. The number of thioether (sulfide) groups is 1. The van der Waals surface area contributed by atoms with Gasteiger partial charge < -0.3 is 9.88 Å². The number of piperidine rings is 1. The molecule has 156 valence electrons.